The third-order valence-corrected chi connectivity index (χ3v) is 5.90. The maximum absolute atomic E-state index is 12.9. The number of anilines is 2. The smallest absolute Gasteiger partial charge is 0.318 e. The maximum Gasteiger partial charge on any atom is 0.318 e. The minimum Gasteiger partial charge on any atom is -0.341 e. The van der Waals surface area contributed by atoms with E-state index in [1.165, 1.54) is 7.05 Å². The summed E-state index contributed by atoms with van der Waals surface area (Å²) >= 11 is 0. The summed E-state index contributed by atoms with van der Waals surface area (Å²) in [6, 6.07) is 10.0. The van der Waals surface area contributed by atoms with Gasteiger partial charge in [-0.1, -0.05) is 32.9 Å². The second kappa shape index (κ2) is 7.60. The van der Waals surface area contributed by atoms with Crippen molar-refractivity contribution in [1.29, 1.82) is 0 Å². The number of benzene rings is 2. The van der Waals surface area contributed by atoms with Gasteiger partial charge in [-0.05, 0) is 60.2 Å². The molecule has 0 saturated carbocycles. The minimum absolute atomic E-state index is 0.0567. The van der Waals surface area contributed by atoms with Gasteiger partial charge in [0.25, 0.3) is 10.0 Å². The van der Waals surface area contributed by atoms with Crippen molar-refractivity contribution in [2.45, 2.75) is 44.9 Å². The first kappa shape index (κ1) is 20.8. The first-order chi connectivity index (χ1) is 12.4. The number of aryl methyl sites for hydroxylation is 2. The van der Waals surface area contributed by atoms with Gasteiger partial charge in [0.15, 0.2) is 0 Å². The summed E-state index contributed by atoms with van der Waals surface area (Å²) < 4.78 is 28.5. The molecule has 6 nitrogen and oxygen atoms in total. The fourth-order valence-electron chi connectivity index (χ4n) is 2.83. The number of carbonyl (C=O) groups excluding carboxylic acids is 1. The van der Waals surface area contributed by atoms with Gasteiger partial charge >= 0.3 is 6.03 Å². The van der Waals surface area contributed by atoms with E-state index >= 15 is 0 Å². The zero-order valence-electron chi connectivity index (χ0n) is 16.6. The number of rotatable bonds is 4. The van der Waals surface area contributed by atoms with Gasteiger partial charge in [0, 0.05) is 18.4 Å². The van der Waals surface area contributed by atoms with Crippen LogP contribution < -0.4 is 15.4 Å². The number of hydrogen-bond acceptors (Lipinski definition) is 3. The highest BCUT2D eigenvalue weighted by Crippen LogP contribution is 2.30. The van der Waals surface area contributed by atoms with Gasteiger partial charge < -0.3 is 10.6 Å². The Morgan fingerprint density at radius 1 is 0.926 bits per heavy atom. The van der Waals surface area contributed by atoms with Gasteiger partial charge in [-0.3, -0.25) is 4.72 Å². The van der Waals surface area contributed by atoms with Crippen molar-refractivity contribution in [3.05, 3.63) is 53.1 Å². The molecule has 0 atom stereocenters. The first-order valence-corrected chi connectivity index (χ1v) is 10.2. The summed E-state index contributed by atoms with van der Waals surface area (Å²) in [6.07, 6.45) is 0. The van der Waals surface area contributed by atoms with Gasteiger partial charge in [-0.2, -0.15) is 0 Å². The van der Waals surface area contributed by atoms with Crippen LogP contribution in [0.15, 0.2) is 41.3 Å². The van der Waals surface area contributed by atoms with Crippen LogP contribution in [-0.4, -0.2) is 21.5 Å². The van der Waals surface area contributed by atoms with Crippen molar-refractivity contribution in [3.8, 4) is 0 Å². The van der Waals surface area contributed by atoms with Crippen molar-refractivity contribution < 1.29 is 13.2 Å². The third-order valence-electron chi connectivity index (χ3n) is 4.22. The average Bonchev–Trinajstić information content (AvgIpc) is 2.54. The Hall–Kier alpha value is -2.54. The van der Waals surface area contributed by atoms with Crippen LogP contribution in [0.25, 0.3) is 0 Å². The largest absolute Gasteiger partial charge is 0.341 e. The summed E-state index contributed by atoms with van der Waals surface area (Å²) in [7, 11) is -2.21. The quantitative estimate of drug-likeness (QED) is 0.734. The van der Waals surface area contributed by atoms with Crippen LogP contribution in [0.2, 0.25) is 0 Å². The highest BCUT2D eigenvalue weighted by atomic mass is 32.2. The standard InChI is InChI=1S/C20H27N3O3S/c1-13-11-15(20(3,4)5)12-14(2)18(13)27(25,26)23-17-9-7-16(8-10-17)22-19(24)21-6/h7-12,23H,1-6H3,(H2,21,22,24). The molecular formula is C20H27N3O3S. The van der Waals surface area contributed by atoms with E-state index in [2.05, 4.69) is 36.1 Å². The number of carbonyl (C=O) groups is 1. The Balaban J connectivity index is 2.30. The fourth-order valence-corrected chi connectivity index (χ4v) is 4.34. The Bertz CT molecular complexity index is 920. The van der Waals surface area contributed by atoms with E-state index < -0.39 is 10.0 Å². The molecule has 7 heteroatoms. The van der Waals surface area contributed by atoms with Crippen LogP contribution in [0.1, 0.15) is 37.5 Å². The van der Waals surface area contributed by atoms with Crippen molar-refractivity contribution in [2.75, 3.05) is 17.1 Å². The predicted molar refractivity (Wildman–Crippen MR) is 110 cm³/mol. The fraction of sp³-hybridized carbons (Fsp3) is 0.350. The van der Waals surface area contributed by atoms with Gasteiger partial charge in [0.1, 0.15) is 0 Å². The molecule has 0 saturated heterocycles. The molecule has 2 aromatic rings. The zero-order chi connectivity index (χ0) is 20.4. The second-order valence-electron chi connectivity index (χ2n) is 7.58. The van der Waals surface area contributed by atoms with Crippen LogP contribution in [0.4, 0.5) is 16.2 Å². The lowest BCUT2D eigenvalue weighted by molar-refractivity contribution is 0.254. The Kier molecular flexibility index (Phi) is 5.85. The molecule has 0 fully saturated rings. The van der Waals surface area contributed by atoms with Crippen LogP contribution in [0, 0.1) is 13.8 Å². The molecule has 0 heterocycles. The molecule has 27 heavy (non-hydrogen) atoms. The Labute approximate surface area is 161 Å². The second-order valence-corrected chi connectivity index (χ2v) is 9.20. The normalized spacial score (nSPS) is 11.8. The van der Waals surface area contributed by atoms with Crippen LogP contribution in [0.5, 0.6) is 0 Å². The zero-order valence-corrected chi connectivity index (χ0v) is 17.4. The van der Waals surface area contributed by atoms with Gasteiger partial charge in [-0.25, -0.2) is 13.2 Å². The molecule has 0 aromatic heterocycles. The minimum atomic E-state index is -3.73. The molecule has 0 aliphatic rings. The summed E-state index contributed by atoms with van der Waals surface area (Å²) in [5.74, 6) is 0. The molecule has 0 unspecified atom stereocenters. The Morgan fingerprint density at radius 2 is 1.41 bits per heavy atom. The van der Waals surface area contributed by atoms with Crippen LogP contribution >= 0.6 is 0 Å². The number of sulfonamides is 1. The molecule has 0 bridgehead atoms. The first-order valence-electron chi connectivity index (χ1n) is 8.67. The van der Waals surface area contributed by atoms with E-state index in [0.717, 1.165) is 5.56 Å². The predicted octanol–water partition coefficient (Wildman–Crippen LogP) is 4.15. The monoisotopic (exact) mass is 389 g/mol. The number of nitrogens with one attached hydrogen (secondary N) is 3. The summed E-state index contributed by atoms with van der Waals surface area (Å²) in [4.78, 5) is 11.6. The molecule has 2 aromatic carbocycles. The van der Waals surface area contributed by atoms with Crippen molar-refractivity contribution >= 4 is 27.4 Å². The van der Waals surface area contributed by atoms with E-state index in [4.69, 9.17) is 0 Å². The number of amides is 2. The molecule has 0 radical (unpaired) electrons. The lowest BCUT2D eigenvalue weighted by Gasteiger charge is -2.22. The highest BCUT2D eigenvalue weighted by molar-refractivity contribution is 7.92. The molecule has 3 N–H and O–H groups in total. The van der Waals surface area contributed by atoms with E-state index in [0.29, 0.717) is 27.4 Å². The van der Waals surface area contributed by atoms with Crippen molar-refractivity contribution in [1.82, 2.24) is 5.32 Å². The highest BCUT2D eigenvalue weighted by Gasteiger charge is 2.23. The summed E-state index contributed by atoms with van der Waals surface area (Å²) in [5.41, 5.74) is 3.46. The molecule has 0 aliphatic carbocycles. The molecule has 0 aliphatic heterocycles. The van der Waals surface area contributed by atoms with Crippen LogP contribution in [0.3, 0.4) is 0 Å². The van der Waals surface area contributed by atoms with Crippen molar-refractivity contribution in [2.24, 2.45) is 0 Å². The van der Waals surface area contributed by atoms with E-state index in [1.54, 1.807) is 24.3 Å². The topological polar surface area (TPSA) is 87.3 Å². The molecular weight excluding hydrogens is 362 g/mol. The molecule has 2 rings (SSSR count). The Morgan fingerprint density at radius 3 is 1.85 bits per heavy atom. The molecule has 146 valence electrons. The SMILES string of the molecule is CNC(=O)Nc1ccc(NS(=O)(=O)c2c(C)cc(C(C)(C)C)cc2C)cc1. The van der Waals surface area contributed by atoms with Gasteiger partial charge in [-0.15, -0.1) is 0 Å². The third kappa shape index (κ3) is 5.01. The summed E-state index contributed by atoms with van der Waals surface area (Å²) in [5, 5.41) is 5.08. The molecule has 2 amide bonds. The number of hydrogen-bond donors (Lipinski definition) is 3. The van der Waals surface area contributed by atoms with Crippen molar-refractivity contribution in [3.63, 3.8) is 0 Å². The van der Waals surface area contributed by atoms with Gasteiger partial charge in [0.2, 0.25) is 0 Å². The average molecular weight is 390 g/mol. The number of urea groups is 1. The lowest BCUT2D eigenvalue weighted by Crippen LogP contribution is -2.24. The van der Waals surface area contributed by atoms with Crippen LogP contribution in [-0.2, 0) is 15.4 Å². The van der Waals surface area contributed by atoms with Gasteiger partial charge in [0.05, 0.1) is 4.90 Å². The summed E-state index contributed by atoms with van der Waals surface area (Å²) in [6.45, 7) is 9.92. The lowest BCUT2D eigenvalue weighted by atomic mass is 9.85. The van der Waals surface area contributed by atoms with E-state index in [-0.39, 0.29) is 11.4 Å². The maximum atomic E-state index is 12.9. The molecule has 0 spiro atoms. The van der Waals surface area contributed by atoms with E-state index in [1.807, 2.05) is 26.0 Å². The van der Waals surface area contributed by atoms with E-state index in [9.17, 15) is 13.2 Å².